The van der Waals surface area contributed by atoms with Gasteiger partial charge < -0.3 is 10.1 Å². The van der Waals surface area contributed by atoms with Crippen molar-refractivity contribution >= 4 is 28.9 Å². The molecule has 0 aliphatic heterocycles. The molecule has 0 bridgehead atoms. The Hall–Kier alpha value is -3.39. The molecular weight excluding hydrogens is 425 g/mol. The number of hydrogen-bond donors (Lipinski definition) is 2. The molecule has 3 aromatic rings. The number of carbonyl (C=O) groups is 1. The Morgan fingerprint density at radius 2 is 1.74 bits per heavy atom. The first-order valence-corrected chi connectivity index (χ1v) is 9.70. The van der Waals surface area contributed by atoms with Crippen molar-refractivity contribution in [3.05, 3.63) is 95.1 Å². The van der Waals surface area contributed by atoms with Gasteiger partial charge in [-0.15, -0.1) is 0 Å². The van der Waals surface area contributed by atoms with Gasteiger partial charge in [0.2, 0.25) is 0 Å². The number of anilines is 1. The molecule has 160 valence electrons. The molecule has 0 aliphatic rings. The third-order valence-corrected chi connectivity index (χ3v) is 4.58. The third-order valence-electron chi connectivity index (χ3n) is 4.37. The number of aryl methyl sites for hydroxylation is 1. The van der Waals surface area contributed by atoms with Crippen LogP contribution in [0.1, 0.15) is 27.0 Å². The number of rotatable bonds is 5. The minimum absolute atomic E-state index is 0.0390. The largest absolute Gasteiger partial charge is 0.489 e. The maximum atomic E-state index is 13.1. The molecule has 0 aliphatic carbocycles. The number of carbonyl (C=O) groups excluding carboxylic acids is 1. The van der Waals surface area contributed by atoms with E-state index in [1.165, 1.54) is 19.1 Å². The smallest absolute Gasteiger partial charge is 0.416 e. The van der Waals surface area contributed by atoms with Crippen LogP contribution in [0.5, 0.6) is 5.75 Å². The van der Waals surface area contributed by atoms with Crippen LogP contribution in [0.4, 0.5) is 18.9 Å². The lowest BCUT2D eigenvalue weighted by molar-refractivity contribution is -0.138. The van der Waals surface area contributed by atoms with Gasteiger partial charge in [-0.1, -0.05) is 42.5 Å². The Morgan fingerprint density at radius 1 is 1.00 bits per heavy atom. The van der Waals surface area contributed by atoms with Crippen LogP contribution in [-0.2, 0) is 12.8 Å². The van der Waals surface area contributed by atoms with Crippen LogP contribution in [0.25, 0.3) is 0 Å². The highest BCUT2D eigenvalue weighted by molar-refractivity contribution is 7.80. The van der Waals surface area contributed by atoms with Crippen molar-refractivity contribution in [3.8, 4) is 5.75 Å². The standard InChI is InChI=1S/C23H19F3N2O2S/c1-15-10-11-17(12-20(15)23(24,25)26)21(29)28-22(31)27-18-8-5-9-19(13-18)30-14-16-6-3-2-4-7-16/h2-13H,14H2,1H3,(H2,27,28,29,31). The average Bonchev–Trinajstić information content (AvgIpc) is 2.72. The van der Waals surface area contributed by atoms with Crippen LogP contribution >= 0.6 is 12.2 Å². The van der Waals surface area contributed by atoms with E-state index < -0.39 is 17.6 Å². The average molecular weight is 444 g/mol. The van der Waals surface area contributed by atoms with E-state index in [9.17, 15) is 18.0 Å². The molecule has 0 radical (unpaired) electrons. The molecular formula is C23H19F3N2O2S. The summed E-state index contributed by atoms with van der Waals surface area (Å²) in [6.45, 7) is 1.73. The van der Waals surface area contributed by atoms with Gasteiger partial charge in [-0.3, -0.25) is 10.1 Å². The van der Waals surface area contributed by atoms with Crippen molar-refractivity contribution in [2.75, 3.05) is 5.32 Å². The first-order chi connectivity index (χ1) is 14.7. The molecule has 8 heteroatoms. The molecule has 0 aromatic heterocycles. The van der Waals surface area contributed by atoms with Crippen LogP contribution in [0.2, 0.25) is 0 Å². The molecule has 4 nitrogen and oxygen atoms in total. The van der Waals surface area contributed by atoms with Crippen LogP contribution in [0, 0.1) is 6.92 Å². The van der Waals surface area contributed by atoms with E-state index in [0.717, 1.165) is 11.6 Å². The summed E-state index contributed by atoms with van der Waals surface area (Å²) in [5, 5.41) is 5.19. The Balaban J connectivity index is 1.61. The zero-order chi connectivity index (χ0) is 22.4. The lowest BCUT2D eigenvalue weighted by Crippen LogP contribution is -2.34. The fraction of sp³-hybridized carbons (Fsp3) is 0.130. The zero-order valence-corrected chi connectivity index (χ0v) is 17.3. The highest BCUT2D eigenvalue weighted by Gasteiger charge is 2.33. The second-order valence-electron chi connectivity index (χ2n) is 6.74. The Labute approximate surface area is 183 Å². The van der Waals surface area contributed by atoms with Crippen molar-refractivity contribution in [1.29, 1.82) is 0 Å². The topological polar surface area (TPSA) is 50.4 Å². The predicted molar refractivity (Wildman–Crippen MR) is 117 cm³/mol. The fourth-order valence-electron chi connectivity index (χ4n) is 2.81. The molecule has 0 unspecified atom stereocenters. The molecule has 0 fully saturated rings. The first kappa shape index (κ1) is 22.3. The third kappa shape index (κ3) is 6.29. The molecule has 0 saturated heterocycles. The quantitative estimate of drug-likeness (QED) is 0.494. The Morgan fingerprint density at radius 3 is 2.45 bits per heavy atom. The van der Waals surface area contributed by atoms with Crippen molar-refractivity contribution in [3.63, 3.8) is 0 Å². The van der Waals surface area contributed by atoms with Gasteiger partial charge in [-0.05, 0) is 54.5 Å². The number of thiocarbonyl (C=S) groups is 1. The van der Waals surface area contributed by atoms with Crippen LogP contribution in [-0.4, -0.2) is 11.0 Å². The molecule has 0 heterocycles. The lowest BCUT2D eigenvalue weighted by Gasteiger charge is -2.13. The summed E-state index contributed by atoms with van der Waals surface area (Å²) in [5.74, 6) is -0.143. The Bertz CT molecular complexity index is 1090. The van der Waals surface area contributed by atoms with E-state index in [4.69, 9.17) is 17.0 Å². The minimum Gasteiger partial charge on any atom is -0.489 e. The molecule has 1 amide bonds. The molecule has 3 aromatic carbocycles. The summed E-state index contributed by atoms with van der Waals surface area (Å²) >= 11 is 5.12. The van der Waals surface area contributed by atoms with Gasteiger partial charge in [0, 0.05) is 17.3 Å². The van der Waals surface area contributed by atoms with Gasteiger partial charge in [0.15, 0.2) is 5.11 Å². The van der Waals surface area contributed by atoms with E-state index in [1.807, 2.05) is 30.3 Å². The molecule has 0 saturated carbocycles. The maximum absolute atomic E-state index is 13.1. The van der Waals surface area contributed by atoms with E-state index >= 15 is 0 Å². The van der Waals surface area contributed by atoms with Crippen LogP contribution in [0.3, 0.4) is 0 Å². The van der Waals surface area contributed by atoms with Gasteiger partial charge in [-0.25, -0.2) is 0 Å². The van der Waals surface area contributed by atoms with Gasteiger partial charge >= 0.3 is 6.18 Å². The number of ether oxygens (including phenoxy) is 1. The summed E-state index contributed by atoms with van der Waals surface area (Å²) in [6, 6.07) is 20.0. The molecule has 0 spiro atoms. The van der Waals surface area contributed by atoms with E-state index in [0.29, 0.717) is 18.0 Å². The van der Waals surface area contributed by atoms with Crippen molar-refractivity contribution in [2.24, 2.45) is 0 Å². The SMILES string of the molecule is Cc1ccc(C(=O)NC(=S)Nc2cccc(OCc3ccccc3)c2)cc1C(F)(F)F. The van der Waals surface area contributed by atoms with Crippen LogP contribution in [0.15, 0.2) is 72.8 Å². The highest BCUT2D eigenvalue weighted by Crippen LogP contribution is 2.32. The van der Waals surface area contributed by atoms with Gasteiger partial charge in [0.05, 0.1) is 5.56 Å². The summed E-state index contributed by atoms with van der Waals surface area (Å²) < 4.78 is 45.0. The van der Waals surface area contributed by atoms with Crippen molar-refractivity contribution < 1.29 is 22.7 Å². The fourth-order valence-corrected chi connectivity index (χ4v) is 3.02. The van der Waals surface area contributed by atoms with E-state index in [1.54, 1.807) is 24.3 Å². The zero-order valence-electron chi connectivity index (χ0n) is 16.5. The Kier molecular flexibility index (Phi) is 6.91. The minimum atomic E-state index is -4.54. The van der Waals surface area contributed by atoms with Crippen molar-refractivity contribution in [1.82, 2.24) is 5.32 Å². The van der Waals surface area contributed by atoms with E-state index in [-0.39, 0.29) is 16.2 Å². The normalized spacial score (nSPS) is 11.0. The van der Waals surface area contributed by atoms with Gasteiger partial charge in [0.25, 0.3) is 5.91 Å². The summed E-state index contributed by atoms with van der Waals surface area (Å²) in [5.41, 5.74) is 0.622. The summed E-state index contributed by atoms with van der Waals surface area (Å²) in [6.07, 6.45) is -4.54. The molecule has 3 rings (SSSR count). The molecule has 31 heavy (non-hydrogen) atoms. The molecule has 2 N–H and O–H groups in total. The van der Waals surface area contributed by atoms with Gasteiger partial charge in [0.1, 0.15) is 12.4 Å². The summed E-state index contributed by atoms with van der Waals surface area (Å²) in [4.78, 5) is 12.3. The van der Waals surface area contributed by atoms with Gasteiger partial charge in [-0.2, -0.15) is 13.2 Å². The monoisotopic (exact) mass is 444 g/mol. The first-order valence-electron chi connectivity index (χ1n) is 9.29. The van der Waals surface area contributed by atoms with Crippen molar-refractivity contribution in [2.45, 2.75) is 19.7 Å². The van der Waals surface area contributed by atoms with Crippen LogP contribution < -0.4 is 15.4 Å². The number of halogens is 3. The second kappa shape index (κ2) is 9.61. The number of nitrogens with one attached hydrogen (secondary N) is 2. The predicted octanol–water partition coefficient (Wildman–Crippen LogP) is 5.72. The number of hydrogen-bond acceptors (Lipinski definition) is 3. The number of amides is 1. The number of benzene rings is 3. The lowest BCUT2D eigenvalue weighted by atomic mass is 10.0. The number of alkyl halides is 3. The molecule has 0 atom stereocenters. The maximum Gasteiger partial charge on any atom is 0.416 e. The highest BCUT2D eigenvalue weighted by atomic mass is 32.1. The summed E-state index contributed by atoms with van der Waals surface area (Å²) in [7, 11) is 0. The second-order valence-corrected chi connectivity index (χ2v) is 7.15. The van der Waals surface area contributed by atoms with E-state index in [2.05, 4.69) is 10.6 Å².